The third-order valence-electron chi connectivity index (χ3n) is 2.96. The summed E-state index contributed by atoms with van der Waals surface area (Å²) in [5.74, 6) is 0. The van der Waals surface area contributed by atoms with Crippen LogP contribution in [0, 0.1) is 0 Å². The summed E-state index contributed by atoms with van der Waals surface area (Å²) < 4.78 is 4.07. The van der Waals surface area contributed by atoms with Gasteiger partial charge in [-0.15, -0.1) is 0 Å². The summed E-state index contributed by atoms with van der Waals surface area (Å²) in [7, 11) is -3.22. The second-order valence-corrected chi connectivity index (χ2v) is 11.9. The molecule has 0 fully saturated rings. The molecule has 0 N–H and O–H groups in total. The maximum atomic E-state index is 6.51. The summed E-state index contributed by atoms with van der Waals surface area (Å²) in [6, 6.07) is 12.0. The fourth-order valence-corrected chi connectivity index (χ4v) is 7.18. The third kappa shape index (κ3) is 1.17. The van der Waals surface area contributed by atoms with Crippen molar-refractivity contribution < 1.29 is 8.47 Å². The summed E-state index contributed by atoms with van der Waals surface area (Å²) in [5.41, 5.74) is 2.21. The van der Waals surface area contributed by atoms with Gasteiger partial charge in [-0.05, 0) is 0 Å². The summed E-state index contributed by atoms with van der Waals surface area (Å²) in [6.07, 6.45) is 3.93. The molecule has 78 valence electrons. The van der Waals surface area contributed by atoms with Crippen LogP contribution in [0.3, 0.4) is 0 Å². The molecule has 1 aliphatic heterocycles. The molecule has 3 rings (SSSR count). The predicted molar refractivity (Wildman–Crippen MR) is 63.3 cm³/mol. The standard InChI is InChI=1S/C10H10Cl2N2Si/c11-15(12)13-7-3-1-5-9(13)10-6-2-4-8-14(10)15/h1-8H,15H2. The van der Waals surface area contributed by atoms with Gasteiger partial charge in [-0.1, -0.05) is 0 Å². The van der Waals surface area contributed by atoms with Gasteiger partial charge in [-0.25, -0.2) is 0 Å². The van der Waals surface area contributed by atoms with E-state index in [1.54, 1.807) is 0 Å². The number of aromatic nitrogens is 2. The molecular formula is C10H10Cl2N2Si. The van der Waals surface area contributed by atoms with Crippen molar-refractivity contribution in [1.82, 2.24) is 0 Å². The van der Waals surface area contributed by atoms with Gasteiger partial charge in [0.1, 0.15) is 0 Å². The van der Waals surface area contributed by atoms with Crippen molar-refractivity contribution in [2.24, 2.45) is 0 Å². The maximum absolute atomic E-state index is 6.51. The molecule has 0 spiro atoms. The summed E-state index contributed by atoms with van der Waals surface area (Å²) in [5, 5.41) is 0. The summed E-state index contributed by atoms with van der Waals surface area (Å²) >= 11 is 13.0. The summed E-state index contributed by atoms with van der Waals surface area (Å²) in [4.78, 5) is 0. The Morgan fingerprint density at radius 3 is 1.73 bits per heavy atom. The molecule has 2 nitrogen and oxygen atoms in total. The Hall–Kier alpha value is -0.903. The van der Waals surface area contributed by atoms with Crippen molar-refractivity contribution in [3.8, 4) is 11.4 Å². The van der Waals surface area contributed by atoms with Crippen LogP contribution in [0.2, 0.25) is 0 Å². The Labute approximate surface area is 97.9 Å². The van der Waals surface area contributed by atoms with Gasteiger partial charge in [0.2, 0.25) is 0 Å². The van der Waals surface area contributed by atoms with Gasteiger partial charge in [0.05, 0.1) is 0 Å². The average Bonchev–Trinajstić information content (AvgIpc) is 2.51. The SMILES string of the molecule is Cl[SiH2-2]1(Cl)[n+]2ccccc2-c2cccc[n+]21. The first kappa shape index (κ1) is 9.33. The van der Waals surface area contributed by atoms with E-state index in [-0.39, 0.29) is 0 Å². The first-order chi connectivity index (χ1) is 7.21. The minimum atomic E-state index is -3.22. The molecule has 5 heteroatoms. The monoisotopic (exact) mass is 256 g/mol. The topological polar surface area (TPSA) is 7.76 Å². The molecule has 0 atom stereocenters. The Morgan fingerprint density at radius 1 is 0.800 bits per heavy atom. The van der Waals surface area contributed by atoms with E-state index in [2.05, 4.69) is 0 Å². The van der Waals surface area contributed by atoms with Crippen LogP contribution in [0.15, 0.2) is 48.8 Å². The predicted octanol–water partition coefficient (Wildman–Crippen LogP) is 1.02. The van der Waals surface area contributed by atoms with E-state index in [1.165, 1.54) is 0 Å². The molecule has 0 aliphatic carbocycles. The molecule has 0 saturated heterocycles. The van der Waals surface area contributed by atoms with Crippen LogP contribution in [0.5, 0.6) is 0 Å². The number of nitrogens with zero attached hydrogens (tertiary/aromatic N) is 2. The van der Waals surface area contributed by atoms with E-state index < -0.39 is 7.02 Å². The van der Waals surface area contributed by atoms with E-state index in [9.17, 15) is 0 Å². The van der Waals surface area contributed by atoms with Crippen LogP contribution in [0.1, 0.15) is 0 Å². The van der Waals surface area contributed by atoms with Crippen molar-refractivity contribution in [2.75, 3.05) is 0 Å². The van der Waals surface area contributed by atoms with Crippen LogP contribution in [-0.4, -0.2) is 7.02 Å². The van der Waals surface area contributed by atoms with Crippen LogP contribution in [-0.2, 0) is 0 Å². The number of rotatable bonds is 0. The Kier molecular flexibility index (Phi) is 1.89. The van der Waals surface area contributed by atoms with Crippen molar-refractivity contribution in [3.05, 3.63) is 48.8 Å². The Balaban J connectivity index is 2.42. The molecule has 3 heterocycles. The fourth-order valence-electron chi connectivity index (χ4n) is 2.25. The van der Waals surface area contributed by atoms with E-state index in [0.29, 0.717) is 0 Å². The molecule has 1 aliphatic rings. The number of hydrogen-bond acceptors (Lipinski definition) is 0. The van der Waals surface area contributed by atoms with Gasteiger partial charge in [0.15, 0.2) is 0 Å². The number of pyridine rings is 2. The van der Waals surface area contributed by atoms with Crippen molar-refractivity contribution in [1.29, 1.82) is 0 Å². The first-order valence-electron chi connectivity index (χ1n) is 4.96. The van der Waals surface area contributed by atoms with Crippen molar-refractivity contribution in [3.63, 3.8) is 0 Å². The van der Waals surface area contributed by atoms with Gasteiger partial charge in [0.25, 0.3) is 0 Å². The first-order valence-corrected chi connectivity index (χ1v) is 10.5. The van der Waals surface area contributed by atoms with E-state index >= 15 is 0 Å². The average molecular weight is 257 g/mol. The molecule has 0 bridgehead atoms. The number of hydrogen-bond donors (Lipinski definition) is 0. The van der Waals surface area contributed by atoms with Gasteiger partial charge in [-0.2, -0.15) is 0 Å². The zero-order valence-electron chi connectivity index (χ0n) is 7.98. The Bertz CT molecular complexity index is 495. The minimum absolute atomic E-state index is 1.10. The third-order valence-corrected chi connectivity index (χ3v) is 8.80. The normalized spacial score (nSPS) is 18.0. The molecule has 0 aromatic carbocycles. The van der Waals surface area contributed by atoms with Gasteiger partial charge < -0.3 is 0 Å². The van der Waals surface area contributed by atoms with Crippen molar-refractivity contribution in [2.45, 2.75) is 0 Å². The molecular weight excluding hydrogens is 247 g/mol. The zero-order valence-corrected chi connectivity index (χ0v) is 10.9. The van der Waals surface area contributed by atoms with Crippen molar-refractivity contribution >= 4 is 29.2 Å². The number of halogens is 2. The second kappa shape index (κ2) is 3.04. The zero-order chi connectivity index (χ0) is 10.5. The van der Waals surface area contributed by atoms with Gasteiger partial charge in [0, 0.05) is 0 Å². The van der Waals surface area contributed by atoms with Crippen LogP contribution in [0.4, 0.5) is 0 Å². The van der Waals surface area contributed by atoms with Crippen LogP contribution in [0.25, 0.3) is 11.4 Å². The van der Waals surface area contributed by atoms with E-state index in [1.807, 2.05) is 57.3 Å². The summed E-state index contributed by atoms with van der Waals surface area (Å²) in [6.45, 7) is 0. The molecule has 0 amide bonds. The molecule has 15 heavy (non-hydrogen) atoms. The van der Waals surface area contributed by atoms with E-state index in [4.69, 9.17) is 22.2 Å². The second-order valence-electron chi connectivity index (χ2n) is 3.83. The van der Waals surface area contributed by atoms with Crippen LogP contribution < -0.4 is 8.47 Å². The molecule has 0 radical (unpaired) electrons. The molecule has 0 unspecified atom stereocenters. The molecule has 0 saturated carbocycles. The number of fused-ring (bicyclic) bond motifs is 3. The Morgan fingerprint density at radius 2 is 1.27 bits per heavy atom. The molecule has 2 aromatic rings. The van der Waals surface area contributed by atoms with Gasteiger partial charge in [-0.3, -0.25) is 0 Å². The quantitative estimate of drug-likeness (QED) is 0.491. The molecule has 2 aromatic heterocycles. The van der Waals surface area contributed by atoms with Crippen LogP contribution >= 0.6 is 22.2 Å². The van der Waals surface area contributed by atoms with E-state index in [0.717, 1.165) is 11.4 Å². The van der Waals surface area contributed by atoms with Gasteiger partial charge >= 0.3 is 97.8 Å². The fraction of sp³-hybridized carbons (Fsp3) is 0.